The highest BCUT2D eigenvalue weighted by atomic mass is 32.1. The number of aromatic nitrogens is 6. The molecule has 0 unspecified atom stereocenters. The van der Waals surface area contributed by atoms with Gasteiger partial charge in [-0.2, -0.15) is 14.7 Å². The van der Waals surface area contributed by atoms with Crippen LogP contribution in [-0.4, -0.2) is 29.6 Å². The van der Waals surface area contributed by atoms with E-state index >= 15 is 0 Å². The van der Waals surface area contributed by atoms with Crippen molar-refractivity contribution in [2.75, 3.05) is 0 Å². The fourth-order valence-corrected chi connectivity index (χ4v) is 3.18. The maximum Gasteiger partial charge on any atom is 0.234 e. The summed E-state index contributed by atoms with van der Waals surface area (Å²) >= 11 is 1.65. The Morgan fingerprint density at radius 1 is 1.33 bits per heavy atom. The molecule has 0 bridgehead atoms. The molecule has 1 fully saturated rings. The van der Waals surface area contributed by atoms with Gasteiger partial charge in [0, 0.05) is 19.2 Å². The summed E-state index contributed by atoms with van der Waals surface area (Å²) in [6, 6.07) is 0. The smallest absolute Gasteiger partial charge is 0.234 e. The average molecular weight is 260 g/mol. The standard InChI is InChI=1S/C11H12N6S/c1-16-6-8(5-12-16)9-13-14-11-17(9)15-10(18-11)7-3-2-4-7/h5-7H,2-4H2,1H3. The van der Waals surface area contributed by atoms with Crippen LogP contribution < -0.4 is 0 Å². The molecule has 92 valence electrons. The second-order valence-electron chi connectivity index (χ2n) is 4.69. The Morgan fingerprint density at radius 3 is 2.89 bits per heavy atom. The fourth-order valence-electron chi connectivity index (χ4n) is 2.17. The van der Waals surface area contributed by atoms with E-state index in [0.717, 1.165) is 16.3 Å². The van der Waals surface area contributed by atoms with E-state index in [9.17, 15) is 0 Å². The molecule has 0 atom stereocenters. The van der Waals surface area contributed by atoms with Crippen LogP contribution in [0.5, 0.6) is 0 Å². The van der Waals surface area contributed by atoms with Gasteiger partial charge in [0.15, 0.2) is 5.82 Å². The molecule has 6 nitrogen and oxygen atoms in total. The van der Waals surface area contributed by atoms with Crippen LogP contribution >= 0.6 is 11.3 Å². The molecule has 0 saturated heterocycles. The van der Waals surface area contributed by atoms with Gasteiger partial charge >= 0.3 is 0 Å². The SMILES string of the molecule is Cn1cc(-c2nnc3sc(C4CCC4)nn23)cn1. The third kappa shape index (κ3) is 1.40. The van der Waals surface area contributed by atoms with Gasteiger partial charge in [-0.15, -0.1) is 10.2 Å². The Kier molecular flexibility index (Phi) is 2.05. The number of rotatable bonds is 2. The Bertz CT molecular complexity index is 704. The molecule has 1 aliphatic rings. The van der Waals surface area contributed by atoms with E-state index in [4.69, 9.17) is 0 Å². The molecule has 3 heterocycles. The number of fused-ring (bicyclic) bond motifs is 1. The Balaban J connectivity index is 1.83. The van der Waals surface area contributed by atoms with Crippen molar-refractivity contribution in [2.24, 2.45) is 7.05 Å². The molecule has 0 radical (unpaired) electrons. The second-order valence-corrected chi connectivity index (χ2v) is 5.68. The van der Waals surface area contributed by atoms with Gasteiger partial charge < -0.3 is 0 Å². The molecular weight excluding hydrogens is 248 g/mol. The van der Waals surface area contributed by atoms with Gasteiger partial charge in [-0.25, -0.2) is 0 Å². The lowest BCUT2D eigenvalue weighted by Gasteiger charge is -2.21. The molecule has 1 saturated carbocycles. The van der Waals surface area contributed by atoms with E-state index < -0.39 is 0 Å². The van der Waals surface area contributed by atoms with E-state index in [0.29, 0.717) is 5.92 Å². The molecule has 18 heavy (non-hydrogen) atoms. The fraction of sp³-hybridized carbons (Fsp3) is 0.455. The molecule has 0 spiro atoms. The number of hydrogen-bond donors (Lipinski definition) is 0. The first-order chi connectivity index (χ1) is 8.81. The van der Waals surface area contributed by atoms with Gasteiger partial charge in [0.2, 0.25) is 4.96 Å². The molecular formula is C11H12N6S. The summed E-state index contributed by atoms with van der Waals surface area (Å²) in [6.07, 6.45) is 7.55. The quantitative estimate of drug-likeness (QED) is 0.705. The van der Waals surface area contributed by atoms with Crippen LogP contribution in [0.3, 0.4) is 0 Å². The van der Waals surface area contributed by atoms with Crippen LogP contribution in [0.15, 0.2) is 12.4 Å². The van der Waals surface area contributed by atoms with Crippen molar-refractivity contribution in [3.63, 3.8) is 0 Å². The maximum absolute atomic E-state index is 4.65. The van der Waals surface area contributed by atoms with Crippen LogP contribution in [0.4, 0.5) is 0 Å². The van der Waals surface area contributed by atoms with Crippen LogP contribution in [0, 0.1) is 0 Å². The normalized spacial score (nSPS) is 16.3. The van der Waals surface area contributed by atoms with E-state index in [1.165, 1.54) is 24.3 Å². The highest BCUT2D eigenvalue weighted by Crippen LogP contribution is 2.38. The van der Waals surface area contributed by atoms with E-state index in [1.54, 1.807) is 22.2 Å². The van der Waals surface area contributed by atoms with Crippen molar-refractivity contribution in [2.45, 2.75) is 25.2 Å². The third-order valence-corrected chi connectivity index (χ3v) is 4.49. The predicted octanol–water partition coefficient (Wildman–Crippen LogP) is 1.85. The number of nitrogens with zero attached hydrogens (tertiary/aromatic N) is 6. The lowest BCUT2D eigenvalue weighted by Crippen LogP contribution is -2.08. The van der Waals surface area contributed by atoms with Crippen LogP contribution in [0.1, 0.15) is 30.2 Å². The monoisotopic (exact) mass is 260 g/mol. The molecule has 1 aliphatic carbocycles. The summed E-state index contributed by atoms with van der Waals surface area (Å²) in [7, 11) is 1.89. The average Bonchev–Trinajstić information content (AvgIpc) is 2.90. The number of aryl methyl sites for hydroxylation is 1. The lowest BCUT2D eigenvalue weighted by atomic mass is 9.86. The van der Waals surface area contributed by atoms with Crippen LogP contribution in [-0.2, 0) is 7.05 Å². The minimum Gasteiger partial charge on any atom is -0.275 e. The zero-order valence-corrected chi connectivity index (χ0v) is 10.8. The van der Waals surface area contributed by atoms with Gasteiger partial charge in [0.25, 0.3) is 0 Å². The Hall–Kier alpha value is -1.76. The first-order valence-electron chi connectivity index (χ1n) is 6.02. The Morgan fingerprint density at radius 2 is 2.22 bits per heavy atom. The molecule has 0 aliphatic heterocycles. The van der Waals surface area contributed by atoms with Crippen molar-refractivity contribution in [3.05, 3.63) is 17.4 Å². The van der Waals surface area contributed by atoms with Crippen molar-refractivity contribution in [3.8, 4) is 11.4 Å². The largest absolute Gasteiger partial charge is 0.275 e. The van der Waals surface area contributed by atoms with Crippen molar-refractivity contribution in [1.29, 1.82) is 0 Å². The van der Waals surface area contributed by atoms with Gasteiger partial charge in [0.05, 0.1) is 11.8 Å². The summed E-state index contributed by atoms with van der Waals surface area (Å²) < 4.78 is 3.60. The van der Waals surface area contributed by atoms with Gasteiger partial charge in [-0.3, -0.25) is 4.68 Å². The lowest BCUT2D eigenvalue weighted by molar-refractivity contribution is 0.415. The van der Waals surface area contributed by atoms with Gasteiger partial charge in [-0.05, 0) is 12.8 Å². The van der Waals surface area contributed by atoms with Crippen molar-refractivity contribution >= 4 is 16.3 Å². The van der Waals surface area contributed by atoms with Gasteiger partial charge in [-0.1, -0.05) is 17.8 Å². The zero-order chi connectivity index (χ0) is 12.1. The van der Waals surface area contributed by atoms with Crippen molar-refractivity contribution in [1.82, 2.24) is 29.6 Å². The number of hydrogen-bond acceptors (Lipinski definition) is 5. The topological polar surface area (TPSA) is 60.9 Å². The van der Waals surface area contributed by atoms with Crippen LogP contribution in [0.25, 0.3) is 16.3 Å². The predicted molar refractivity (Wildman–Crippen MR) is 67.5 cm³/mol. The molecule has 0 N–H and O–H groups in total. The Labute approximate surface area is 107 Å². The molecule has 3 aromatic heterocycles. The van der Waals surface area contributed by atoms with E-state index in [-0.39, 0.29) is 0 Å². The van der Waals surface area contributed by atoms with Crippen LogP contribution in [0.2, 0.25) is 0 Å². The minimum absolute atomic E-state index is 0.637. The molecule has 3 aromatic rings. The van der Waals surface area contributed by atoms with Crippen molar-refractivity contribution < 1.29 is 0 Å². The summed E-state index contributed by atoms with van der Waals surface area (Å²) in [5.41, 5.74) is 0.954. The first kappa shape index (κ1) is 10.2. The second kappa shape index (κ2) is 3.61. The molecule has 0 aromatic carbocycles. The van der Waals surface area contributed by atoms with E-state index in [1.807, 2.05) is 17.8 Å². The maximum atomic E-state index is 4.65. The third-order valence-electron chi connectivity index (χ3n) is 3.42. The summed E-state index contributed by atoms with van der Waals surface area (Å²) in [4.78, 5) is 0.871. The van der Waals surface area contributed by atoms with Gasteiger partial charge in [0.1, 0.15) is 5.01 Å². The minimum atomic E-state index is 0.637. The van der Waals surface area contributed by atoms with E-state index in [2.05, 4.69) is 20.4 Å². The summed E-state index contributed by atoms with van der Waals surface area (Å²) in [5.74, 6) is 1.42. The molecule has 4 rings (SSSR count). The zero-order valence-electron chi connectivity index (χ0n) is 9.94. The first-order valence-corrected chi connectivity index (χ1v) is 6.84. The summed E-state index contributed by atoms with van der Waals surface area (Å²) in [5, 5.41) is 18.4. The highest BCUT2D eigenvalue weighted by Gasteiger charge is 2.25. The summed E-state index contributed by atoms with van der Waals surface area (Å²) in [6.45, 7) is 0. The molecule has 7 heteroatoms. The molecule has 0 amide bonds. The highest BCUT2D eigenvalue weighted by molar-refractivity contribution is 7.16.